The summed E-state index contributed by atoms with van der Waals surface area (Å²) in [4.78, 5) is 25.3. The van der Waals surface area contributed by atoms with Crippen molar-refractivity contribution in [3.05, 3.63) is 73.6 Å². The highest BCUT2D eigenvalue weighted by atomic mass is 32.1. The Morgan fingerprint density at radius 2 is 1.73 bits per heavy atom. The number of hydrogen-bond donors (Lipinski definition) is 0. The van der Waals surface area contributed by atoms with Crippen LogP contribution in [-0.4, -0.2) is 20.6 Å². The fourth-order valence-electron chi connectivity index (χ4n) is 3.88. The molecule has 33 heavy (non-hydrogen) atoms. The third-order valence-corrected chi connectivity index (χ3v) is 6.73. The van der Waals surface area contributed by atoms with E-state index >= 15 is 0 Å². The van der Waals surface area contributed by atoms with Gasteiger partial charge in [-0.05, 0) is 73.3 Å². The van der Waals surface area contributed by atoms with Gasteiger partial charge in [-0.3, -0.25) is 9.36 Å². The number of benzene rings is 2. The fraction of sp³-hybridized carbons (Fsp3) is 0.261. The maximum atomic E-state index is 13.2. The molecule has 0 atom stereocenters. The van der Waals surface area contributed by atoms with Crippen LogP contribution in [0.25, 0.3) is 27.0 Å². The summed E-state index contributed by atoms with van der Waals surface area (Å²) in [5.74, 6) is 0.635. The molecule has 0 radical (unpaired) electrons. The van der Waals surface area contributed by atoms with E-state index in [1.54, 1.807) is 19.2 Å². The number of methoxy groups -OCH3 is 1. The molecule has 0 bridgehead atoms. The summed E-state index contributed by atoms with van der Waals surface area (Å²) in [6.07, 6.45) is -4.82. The van der Waals surface area contributed by atoms with Crippen LogP contribution in [0.3, 0.4) is 0 Å². The van der Waals surface area contributed by atoms with Gasteiger partial charge >= 0.3 is 11.9 Å². The molecular weight excluding hydrogens is 455 g/mol. The minimum absolute atomic E-state index is 0.156. The first-order chi connectivity index (χ1) is 15.5. The Morgan fingerprint density at radius 1 is 1.03 bits per heavy atom. The number of alkyl halides is 3. The van der Waals surface area contributed by atoms with Crippen LogP contribution < -0.4 is 16.0 Å². The largest absolute Gasteiger partial charge is 0.496 e. The molecule has 2 aromatic carbocycles. The Balaban J connectivity index is 2.00. The van der Waals surface area contributed by atoms with Crippen LogP contribution in [0.1, 0.15) is 22.4 Å². The first kappa shape index (κ1) is 22.8. The molecule has 0 spiro atoms. The maximum absolute atomic E-state index is 13.2. The van der Waals surface area contributed by atoms with Crippen molar-refractivity contribution in [3.63, 3.8) is 0 Å². The van der Waals surface area contributed by atoms with Crippen LogP contribution in [0.15, 0.2) is 39.9 Å². The molecule has 0 aliphatic rings. The first-order valence-corrected chi connectivity index (χ1v) is 10.7. The summed E-state index contributed by atoms with van der Waals surface area (Å²) in [6.45, 7) is 5.95. The van der Waals surface area contributed by atoms with Crippen LogP contribution in [0.5, 0.6) is 5.75 Å². The number of hydrogen-bond acceptors (Lipinski definition) is 5. The van der Waals surface area contributed by atoms with Crippen molar-refractivity contribution >= 4 is 21.6 Å². The van der Waals surface area contributed by atoms with Gasteiger partial charge in [0.15, 0.2) is 0 Å². The second-order valence-electron chi connectivity index (χ2n) is 7.77. The highest BCUT2D eigenvalue weighted by Gasteiger charge is 2.35. The van der Waals surface area contributed by atoms with Gasteiger partial charge in [-0.1, -0.05) is 0 Å². The quantitative estimate of drug-likeness (QED) is 0.428. The molecule has 0 amide bonds. The number of ether oxygens (including phenoxy) is 1. The van der Waals surface area contributed by atoms with Crippen molar-refractivity contribution in [2.24, 2.45) is 7.05 Å². The van der Waals surface area contributed by atoms with Gasteiger partial charge in [-0.15, -0.1) is 0 Å². The lowest BCUT2D eigenvalue weighted by Crippen LogP contribution is -2.40. The predicted molar refractivity (Wildman–Crippen MR) is 122 cm³/mol. The minimum Gasteiger partial charge on any atom is -0.496 e. The van der Waals surface area contributed by atoms with Crippen LogP contribution in [0.4, 0.5) is 13.2 Å². The number of halogens is 3. The van der Waals surface area contributed by atoms with E-state index in [4.69, 9.17) is 4.74 Å². The normalized spacial score (nSPS) is 11.9. The van der Waals surface area contributed by atoms with Gasteiger partial charge in [0.05, 0.1) is 23.2 Å². The molecule has 0 aliphatic heterocycles. The summed E-state index contributed by atoms with van der Waals surface area (Å²) in [5.41, 5.74) is 1.24. The van der Waals surface area contributed by atoms with Gasteiger partial charge < -0.3 is 4.74 Å². The van der Waals surface area contributed by atoms with Gasteiger partial charge in [0, 0.05) is 24.1 Å². The summed E-state index contributed by atoms with van der Waals surface area (Å²) in [5, 5.41) is 0.663. The van der Waals surface area contributed by atoms with Crippen molar-refractivity contribution in [2.75, 3.05) is 7.11 Å². The Labute approximate surface area is 190 Å². The maximum Gasteiger partial charge on any atom is 0.431 e. The smallest absolute Gasteiger partial charge is 0.431 e. The number of aromatic nitrogens is 3. The van der Waals surface area contributed by atoms with Gasteiger partial charge in [-0.25, -0.2) is 9.36 Å². The van der Waals surface area contributed by atoms with Crippen molar-refractivity contribution in [1.82, 2.24) is 13.5 Å². The fourth-order valence-corrected chi connectivity index (χ4v) is 4.64. The zero-order valence-electron chi connectivity index (χ0n) is 18.5. The van der Waals surface area contributed by atoms with E-state index in [-0.39, 0.29) is 5.69 Å². The molecular formula is C23H20F3N3O3S. The standard InChI is InChI=1S/C23H20F3N3O3S/c1-11-8-16(32-5)20(13(3)12(11)2)21-15-9-14(6-7-17(15)33-27-21)29-19(30)10-18(23(24,25)26)28(4)22(29)31/h6-10H,1-5H3. The van der Waals surface area contributed by atoms with E-state index in [1.165, 1.54) is 17.6 Å². The Kier molecular flexibility index (Phi) is 5.44. The minimum atomic E-state index is -4.82. The Hall–Kier alpha value is -3.40. The molecule has 172 valence electrons. The van der Waals surface area contributed by atoms with E-state index in [0.29, 0.717) is 27.5 Å². The van der Waals surface area contributed by atoms with Gasteiger partial charge in [-0.2, -0.15) is 17.5 Å². The van der Waals surface area contributed by atoms with Crippen molar-refractivity contribution in [3.8, 4) is 22.7 Å². The highest BCUT2D eigenvalue weighted by molar-refractivity contribution is 7.13. The second kappa shape index (κ2) is 7.87. The van der Waals surface area contributed by atoms with Crippen LogP contribution in [-0.2, 0) is 13.2 Å². The lowest BCUT2D eigenvalue weighted by molar-refractivity contribution is -0.144. The predicted octanol–water partition coefficient (Wildman–Crippen LogP) is 4.77. The van der Waals surface area contributed by atoms with Crippen LogP contribution in [0.2, 0.25) is 0 Å². The molecule has 2 aromatic heterocycles. The second-order valence-corrected chi connectivity index (χ2v) is 8.58. The highest BCUT2D eigenvalue weighted by Crippen LogP contribution is 2.41. The van der Waals surface area contributed by atoms with Crippen molar-refractivity contribution < 1.29 is 17.9 Å². The van der Waals surface area contributed by atoms with E-state index in [0.717, 1.165) is 38.6 Å². The van der Waals surface area contributed by atoms with Gasteiger partial charge in [0.25, 0.3) is 5.56 Å². The SMILES string of the molecule is COc1cc(C)c(C)c(C)c1-c1nsc2ccc(-n3c(=O)cc(C(F)(F)F)n(C)c3=O)cc12. The average Bonchev–Trinajstić information content (AvgIpc) is 3.16. The summed E-state index contributed by atoms with van der Waals surface area (Å²) >= 11 is 1.24. The zero-order valence-corrected chi connectivity index (χ0v) is 19.3. The number of fused-ring (bicyclic) bond motifs is 1. The molecule has 2 heterocycles. The van der Waals surface area contributed by atoms with E-state index in [1.807, 2.05) is 26.8 Å². The zero-order chi connectivity index (χ0) is 24.2. The molecule has 0 aliphatic carbocycles. The monoisotopic (exact) mass is 475 g/mol. The summed E-state index contributed by atoms with van der Waals surface area (Å²) in [6, 6.07) is 7.15. The molecule has 0 N–H and O–H groups in total. The first-order valence-electron chi connectivity index (χ1n) is 9.91. The lowest BCUT2D eigenvalue weighted by Gasteiger charge is -2.16. The van der Waals surface area contributed by atoms with Crippen LogP contribution >= 0.6 is 11.5 Å². The molecule has 10 heteroatoms. The Morgan fingerprint density at radius 3 is 2.36 bits per heavy atom. The Bertz CT molecular complexity index is 1530. The lowest BCUT2D eigenvalue weighted by atomic mass is 9.94. The molecule has 6 nitrogen and oxygen atoms in total. The topological polar surface area (TPSA) is 66.1 Å². The molecule has 0 saturated carbocycles. The third kappa shape index (κ3) is 3.64. The summed E-state index contributed by atoms with van der Waals surface area (Å²) in [7, 11) is 2.55. The number of nitrogens with zero attached hydrogens (tertiary/aromatic N) is 3. The molecule has 0 saturated heterocycles. The van der Waals surface area contributed by atoms with Crippen LogP contribution in [0, 0.1) is 20.8 Å². The third-order valence-electron chi connectivity index (χ3n) is 5.90. The molecule has 4 aromatic rings. The van der Waals surface area contributed by atoms with Crippen molar-refractivity contribution in [2.45, 2.75) is 26.9 Å². The van der Waals surface area contributed by atoms with Gasteiger partial charge in [0.1, 0.15) is 11.4 Å². The molecule has 0 fully saturated rings. The number of aryl methyl sites for hydroxylation is 1. The van der Waals surface area contributed by atoms with E-state index in [9.17, 15) is 22.8 Å². The molecule has 0 unspecified atom stereocenters. The molecule has 4 rings (SSSR count). The number of rotatable bonds is 3. The van der Waals surface area contributed by atoms with E-state index in [2.05, 4.69) is 4.37 Å². The van der Waals surface area contributed by atoms with Crippen molar-refractivity contribution in [1.29, 1.82) is 0 Å². The van der Waals surface area contributed by atoms with E-state index < -0.39 is 23.1 Å². The average molecular weight is 475 g/mol. The van der Waals surface area contributed by atoms with Gasteiger partial charge in [0.2, 0.25) is 0 Å². The summed E-state index contributed by atoms with van der Waals surface area (Å²) < 4.78 is 51.7.